The third-order valence-electron chi connectivity index (χ3n) is 5.88. The van der Waals surface area contributed by atoms with Gasteiger partial charge in [-0.2, -0.15) is 0 Å². The third kappa shape index (κ3) is 5.09. The Kier molecular flexibility index (Phi) is 6.70. The number of halogens is 3. The Morgan fingerprint density at radius 1 is 1.38 bits per heavy atom. The van der Waals surface area contributed by atoms with Gasteiger partial charge in [0.1, 0.15) is 21.7 Å². The monoisotopic (exact) mass is 517 g/mol. The molecule has 2 fully saturated rings. The number of aromatic nitrogens is 2. The van der Waals surface area contributed by atoms with Crippen LogP contribution in [0.2, 0.25) is 0 Å². The van der Waals surface area contributed by atoms with Crippen molar-refractivity contribution in [3.8, 4) is 0 Å². The zero-order chi connectivity index (χ0) is 24.8. The second-order valence-electron chi connectivity index (χ2n) is 8.98. The highest BCUT2D eigenvalue weighted by molar-refractivity contribution is 8.26. The van der Waals surface area contributed by atoms with Crippen molar-refractivity contribution in [2.75, 3.05) is 24.7 Å². The van der Waals surface area contributed by atoms with Crippen LogP contribution in [0.5, 0.6) is 0 Å². The molecule has 1 aliphatic heterocycles. The number of rotatable bonds is 7. The molecule has 34 heavy (non-hydrogen) atoms. The number of alkyl halides is 3. The van der Waals surface area contributed by atoms with Gasteiger partial charge in [-0.1, -0.05) is 0 Å². The third-order valence-corrected chi connectivity index (χ3v) is 8.27. The van der Waals surface area contributed by atoms with E-state index in [0.29, 0.717) is 30.6 Å². The molecule has 1 saturated carbocycles. The van der Waals surface area contributed by atoms with Crippen molar-refractivity contribution in [2.24, 2.45) is 0 Å². The lowest BCUT2D eigenvalue weighted by Crippen LogP contribution is -2.56. The number of nitrogens with zero attached hydrogens (tertiary/aromatic N) is 3. The van der Waals surface area contributed by atoms with E-state index in [1.54, 1.807) is 6.92 Å². The van der Waals surface area contributed by atoms with Crippen LogP contribution in [-0.4, -0.2) is 71.7 Å². The molecule has 0 spiro atoms. The van der Waals surface area contributed by atoms with E-state index in [9.17, 15) is 21.6 Å². The fourth-order valence-corrected chi connectivity index (χ4v) is 6.00. The predicted molar refractivity (Wildman–Crippen MR) is 126 cm³/mol. The summed E-state index contributed by atoms with van der Waals surface area (Å²) in [6, 6.07) is 0.983. The summed E-state index contributed by atoms with van der Waals surface area (Å²) in [7, 11) is -3.95. The highest BCUT2D eigenvalue weighted by Gasteiger charge is 2.41. The van der Waals surface area contributed by atoms with Gasteiger partial charge in [-0.05, 0) is 44.5 Å². The molecule has 14 heteroatoms. The number of thioether (sulfide) groups is 1. The highest BCUT2D eigenvalue weighted by atomic mass is 32.2. The lowest BCUT2D eigenvalue weighted by Gasteiger charge is -2.38. The molecule has 1 aliphatic carbocycles. The van der Waals surface area contributed by atoms with E-state index in [1.165, 1.54) is 22.9 Å². The van der Waals surface area contributed by atoms with Gasteiger partial charge in [0.15, 0.2) is 5.82 Å². The van der Waals surface area contributed by atoms with E-state index >= 15 is 0 Å². The van der Waals surface area contributed by atoms with Crippen molar-refractivity contribution < 1.29 is 21.6 Å². The molecule has 2 aromatic rings. The lowest BCUT2D eigenvalue weighted by atomic mass is 10.1. The first-order valence-electron chi connectivity index (χ1n) is 10.7. The standard InChI is InChI=1S/C20H26F3N7O2S2/c1-11-8-29(9-12(6-21)27-11)14-5-13(34(31,32)28-20(2)3-4-20)10-30-15(14)7-26-19(30)18(25)33-17(24)16(22)23/h5,7,10-12,16,24-25,27-28H,3-4,6,8-9H2,1-2H3. The normalized spacial score (nSPS) is 22.4. The summed E-state index contributed by atoms with van der Waals surface area (Å²) in [5.74, 6) is -0.0634. The van der Waals surface area contributed by atoms with Crippen LogP contribution >= 0.6 is 11.8 Å². The fourth-order valence-electron chi connectivity index (χ4n) is 3.96. The van der Waals surface area contributed by atoms with Crippen LogP contribution in [-0.2, 0) is 10.0 Å². The smallest absolute Gasteiger partial charge is 0.285 e. The van der Waals surface area contributed by atoms with Crippen LogP contribution < -0.4 is 14.9 Å². The molecule has 2 unspecified atom stereocenters. The van der Waals surface area contributed by atoms with Gasteiger partial charge in [-0.15, -0.1) is 0 Å². The van der Waals surface area contributed by atoms with E-state index in [-0.39, 0.29) is 35.1 Å². The molecule has 186 valence electrons. The van der Waals surface area contributed by atoms with Crippen LogP contribution in [0.1, 0.15) is 32.5 Å². The zero-order valence-electron chi connectivity index (χ0n) is 18.6. The fraction of sp³-hybridized carbons (Fsp3) is 0.550. The number of pyridine rings is 1. The van der Waals surface area contributed by atoms with Crippen molar-refractivity contribution in [2.45, 2.75) is 55.6 Å². The molecule has 0 radical (unpaired) electrons. The Bertz CT molecular complexity index is 1230. The average Bonchev–Trinajstić information content (AvgIpc) is 3.31. The molecule has 4 rings (SSSR count). The summed E-state index contributed by atoms with van der Waals surface area (Å²) in [5, 5.41) is 17.3. The van der Waals surface area contributed by atoms with Gasteiger partial charge in [-0.3, -0.25) is 15.2 Å². The molecule has 0 amide bonds. The van der Waals surface area contributed by atoms with Crippen molar-refractivity contribution in [1.29, 1.82) is 10.8 Å². The summed E-state index contributed by atoms with van der Waals surface area (Å²) in [5.41, 5.74) is 0.409. The van der Waals surface area contributed by atoms with Gasteiger partial charge in [0.05, 0.1) is 23.4 Å². The minimum absolute atomic E-state index is 0.0634. The summed E-state index contributed by atoms with van der Waals surface area (Å²) < 4.78 is 69.6. The topological polar surface area (TPSA) is 126 Å². The number of piperazine rings is 1. The molecule has 0 aromatic carbocycles. The van der Waals surface area contributed by atoms with Gasteiger partial charge in [0.25, 0.3) is 6.43 Å². The van der Waals surface area contributed by atoms with Gasteiger partial charge in [-0.25, -0.2) is 31.3 Å². The lowest BCUT2D eigenvalue weighted by molar-refractivity contribution is 0.228. The summed E-state index contributed by atoms with van der Waals surface area (Å²) in [4.78, 5) is 5.96. The molecule has 2 aromatic heterocycles. The Labute approximate surface area is 199 Å². The molecular weight excluding hydrogens is 491 g/mol. The maximum absolute atomic E-state index is 13.5. The van der Waals surface area contributed by atoms with E-state index in [4.69, 9.17) is 10.8 Å². The first-order chi connectivity index (χ1) is 15.9. The van der Waals surface area contributed by atoms with Crippen molar-refractivity contribution >= 4 is 43.1 Å². The highest BCUT2D eigenvalue weighted by Crippen LogP contribution is 2.37. The van der Waals surface area contributed by atoms with E-state index in [2.05, 4.69) is 15.0 Å². The Morgan fingerprint density at radius 2 is 2.09 bits per heavy atom. The first kappa shape index (κ1) is 24.9. The number of imidazole rings is 1. The second kappa shape index (κ2) is 9.13. The molecule has 9 nitrogen and oxygen atoms in total. The molecular formula is C20H26F3N7O2S2. The number of anilines is 1. The van der Waals surface area contributed by atoms with Crippen LogP contribution in [0.25, 0.3) is 5.52 Å². The molecule has 4 N–H and O–H groups in total. The van der Waals surface area contributed by atoms with E-state index in [0.717, 1.165) is 0 Å². The van der Waals surface area contributed by atoms with Crippen LogP contribution in [0.15, 0.2) is 23.4 Å². The number of sulfonamides is 1. The minimum Gasteiger partial charge on any atom is -0.367 e. The zero-order valence-corrected chi connectivity index (χ0v) is 20.2. The van der Waals surface area contributed by atoms with Crippen LogP contribution in [0, 0.1) is 10.8 Å². The molecule has 2 aliphatic rings. The number of nitrogens with one attached hydrogen (secondary N) is 4. The average molecular weight is 518 g/mol. The Hall–Kier alpha value is -2.16. The predicted octanol–water partition coefficient (Wildman–Crippen LogP) is 2.60. The number of hydrogen-bond acceptors (Lipinski definition) is 8. The molecule has 0 bridgehead atoms. The quantitative estimate of drug-likeness (QED) is 0.330. The van der Waals surface area contributed by atoms with Crippen molar-refractivity contribution in [3.63, 3.8) is 0 Å². The number of fused-ring (bicyclic) bond motifs is 1. The van der Waals surface area contributed by atoms with Crippen LogP contribution in [0.3, 0.4) is 0 Å². The maximum Gasteiger partial charge on any atom is 0.285 e. The molecule has 3 heterocycles. The van der Waals surface area contributed by atoms with E-state index in [1.807, 2.05) is 11.8 Å². The molecule has 2 atom stereocenters. The van der Waals surface area contributed by atoms with Gasteiger partial charge < -0.3 is 10.2 Å². The maximum atomic E-state index is 13.5. The molecule has 1 saturated heterocycles. The van der Waals surface area contributed by atoms with Crippen molar-refractivity contribution in [1.82, 2.24) is 19.4 Å². The first-order valence-corrected chi connectivity index (χ1v) is 13.0. The van der Waals surface area contributed by atoms with Crippen LogP contribution in [0.4, 0.5) is 18.9 Å². The summed E-state index contributed by atoms with van der Waals surface area (Å²) in [6.45, 7) is 3.86. The van der Waals surface area contributed by atoms with E-state index < -0.39 is 44.8 Å². The van der Waals surface area contributed by atoms with Gasteiger partial charge >= 0.3 is 0 Å². The SMILES string of the molecule is CC1CN(c2cc(S(=O)(=O)NC3(C)CC3)cn3c(C(=N)SC(=N)C(F)F)ncc23)CC(CF)N1. The van der Waals surface area contributed by atoms with Crippen molar-refractivity contribution in [3.05, 3.63) is 24.3 Å². The second-order valence-corrected chi connectivity index (χ2v) is 11.7. The minimum atomic E-state index is -3.95. The number of hydrogen-bond donors (Lipinski definition) is 4. The Morgan fingerprint density at radius 3 is 2.71 bits per heavy atom. The summed E-state index contributed by atoms with van der Waals surface area (Å²) >= 11 is 0.254. The largest absolute Gasteiger partial charge is 0.367 e. The van der Waals surface area contributed by atoms with Gasteiger partial charge in [0, 0.05) is 30.9 Å². The Balaban J connectivity index is 1.82. The summed E-state index contributed by atoms with van der Waals surface area (Å²) in [6.07, 6.45) is 1.11. The van der Waals surface area contributed by atoms with Gasteiger partial charge in [0.2, 0.25) is 10.0 Å².